The summed E-state index contributed by atoms with van der Waals surface area (Å²) in [5.74, 6) is 0. The summed E-state index contributed by atoms with van der Waals surface area (Å²) in [6, 6.07) is 4.72. The normalized spacial score (nSPS) is 13.6. The van der Waals surface area contributed by atoms with Crippen molar-refractivity contribution in [2.75, 3.05) is 0 Å². The molecule has 1 aromatic carbocycles. The average molecular weight is 216 g/mol. The molecule has 1 N–H and O–H groups in total. The number of rotatable bonds is 3. The van der Waals surface area contributed by atoms with Crippen LogP contribution < -0.4 is 0 Å². The first-order valence-corrected chi connectivity index (χ1v) is 4.40. The number of halogens is 3. The van der Waals surface area contributed by atoms with Gasteiger partial charge in [-0.1, -0.05) is 18.2 Å². The second-order valence-electron chi connectivity index (χ2n) is 3.20. The summed E-state index contributed by atoms with van der Waals surface area (Å²) < 4.78 is 36.5. The Bertz CT molecular complexity index is 327. The molecule has 0 heterocycles. The first-order chi connectivity index (χ1) is 6.93. The number of hydrogen-bond donors (Lipinski definition) is 1. The Balaban J connectivity index is 2.77. The zero-order valence-electron chi connectivity index (χ0n) is 7.96. The van der Waals surface area contributed by atoms with E-state index in [1.807, 2.05) is 0 Å². The van der Waals surface area contributed by atoms with Crippen LogP contribution in [0, 0.1) is 0 Å². The topological polar surface area (TPSA) is 20.2 Å². The molecule has 0 radical (unpaired) electrons. The monoisotopic (exact) mass is 216 g/mol. The molecular formula is C11H11F3O. The molecule has 0 spiro atoms. The number of benzene rings is 1. The van der Waals surface area contributed by atoms with Crippen LogP contribution in [0.1, 0.15) is 11.1 Å². The van der Waals surface area contributed by atoms with Crippen molar-refractivity contribution in [1.82, 2.24) is 0 Å². The molecule has 0 bridgehead atoms. The Labute approximate surface area is 85.9 Å². The number of aliphatic hydroxyl groups excluding tert-OH is 1. The maximum atomic E-state index is 12.2. The predicted octanol–water partition coefficient (Wildman–Crippen LogP) is 2.79. The molecule has 82 valence electrons. The van der Waals surface area contributed by atoms with E-state index in [-0.39, 0.29) is 6.42 Å². The SMILES string of the molecule is C=CC(O)Cc1ccc(C(F)(F)F)cc1. The van der Waals surface area contributed by atoms with Gasteiger partial charge in [0.25, 0.3) is 0 Å². The largest absolute Gasteiger partial charge is 0.416 e. The van der Waals surface area contributed by atoms with Gasteiger partial charge in [0, 0.05) is 6.42 Å². The van der Waals surface area contributed by atoms with Crippen molar-refractivity contribution in [3.63, 3.8) is 0 Å². The van der Waals surface area contributed by atoms with E-state index in [1.165, 1.54) is 18.2 Å². The van der Waals surface area contributed by atoms with E-state index in [2.05, 4.69) is 6.58 Å². The number of hydrogen-bond acceptors (Lipinski definition) is 1. The Morgan fingerprint density at radius 1 is 1.27 bits per heavy atom. The fraction of sp³-hybridized carbons (Fsp3) is 0.273. The number of aliphatic hydroxyl groups is 1. The van der Waals surface area contributed by atoms with Gasteiger partial charge >= 0.3 is 6.18 Å². The first kappa shape index (κ1) is 11.8. The van der Waals surface area contributed by atoms with E-state index >= 15 is 0 Å². The smallest absolute Gasteiger partial charge is 0.389 e. The first-order valence-electron chi connectivity index (χ1n) is 4.40. The minimum absolute atomic E-state index is 0.279. The van der Waals surface area contributed by atoms with Crippen LogP contribution in [0.4, 0.5) is 13.2 Å². The van der Waals surface area contributed by atoms with Gasteiger partial charge in [-0.15, -0.1) is 6.58 Å². The third-order valence-electron chi connectivity index (χ3n) is 2.00. The van der Waals surface area contributed by atoms with Crippen molar-refractivity contribution in [3.8, 4) is 0 Å². The quantitative estimate of drug-likeness (QED) is 0.770. The zero-order chi connectivity index (χ0) is 11.5. The highest BCUT2D eigenvalue weighted by atomic mass is 19.4. The molecule has 0 saturated carbocycles. The van der Waals surface area contributed by atoms with Gasteiger partial charge in [0.15, 0.2) is 0 Å². The molecule has 1 atom stereocenters. The molecule has 1 nitrogen and oxygen atoms in total. The highest BCUT2D eigenvalue weighted by Gasteiger charge is 2.29. The van der Waals surface area contributed by atoms with Crippen molar-refractivity contribution in [3.05, 3.63) is 48.0 Å². The van der Waals surface area contributed by atoms with Crippen LogP contribution in [0.5, 0.6) is 0 Å². The highest BCUT2D eigenvalue weighted by Crippen LogP contribution is 2.29. The molecule has 0 saturated heterocycles. The molecular weight excluding hydrogens is 205 g/mol. The molecule has 1 rings (SSSR count). The summed E-state index contributed by atoms with van der Waals surface area (Å²) in [5, 5.41) is 9.20. The Morgan fingerprint density at radius 2 is 1.80 bits per heavy atom. The van der Waals surface area contributed by atoms with Gasteiger partial charge < -0.3 is 5.11 Å². The molecule has 0 aliphatic heterocycles. The fourth-order valence-electron chi connectivity index (χ4n) is 1.15. The minimum Gasteiger partial charge on any atom is -0.389 e. The summed E-state index contributed by atoms with van der Waals surface area (Å²) >= 11 is 0. The van der Waals surface area contributed by atoms with E-state index in [0.29, 0.717) is 5.56 Å². The number of alkyl halides is 3. The van der Waals surface area contributed by atoms with Gasteiger partial charge in [-0.3, -0.25) is 0 Å². The van der Waals surface area contributed by atoms with Gasteiger partial charge in [-0.2, -0.15) is 13.2 Å². The van der Waals surface area contributed by atoms with Crippen LogP contribution in [0.25, 0.3) is 0 Å². The third-order valence-corrected chi connectivity index (χ3v) is 2.00. The lowest BCUT2D eigenvalue weighted by molar-refractivity contribution is -0.137. The lowest BCUT2D eigenvalue weighted by atomic mass is 10.1. The van der Waals surface area contributed by atoms with Gasteiger partial charge in [0.2, 0.25) is 0 Å². The van der Waals surface area contributed by atoms with Crippen molar-refractivity contribution in [2.45, 2.75) is 18.7 Å². The molecule has 15 heavy (non-hydrogen) atoms. The van der Waals surface area contributed by atoms with E-state index < -0.39 is 17.8 Å². The third kappa shape index (κ3) is 3.40. The van der Waals surface area contributed by atoms with Crippen molar-refractivity contribution < 1.29 is 18.3 Å². The van der Waals surface area contributed by atoms with Crippen LogP contribution in [-0.2, 0) is 12.6 Å². The highest BCUT2D eigenvalue weighted by molar-refractivity contribution is 5.25. The summed E-state index contributed by atoms with van der Waals surface area (Å²) in [5.41, 5.74) is -0.0326. The van der Waals surface area contributed by atoms with Crippen LogP contribution in [0.2, 0.25) is 0 Å². The molecule has 1 unspecified atom stereocenters. The van der Waals surface area contributed by atoms with Crippen molar-refractivity contribution in [1.29, 1.82) is 0 Å². The zero-order valence-corrected chi connectivity index (χ0v) is 7.96. The summed E-state index contributed by atoms with van der Waals surface area (Å²) in [6.45, 7) is 3.38. The predicted molar refractivity (Wildman–Crippen MR) is 51.4 cm³/mol. The van der Waals surface area contributed by atoms with Crippen LogP contribution >= 0.6 is 0 Å². The molecule has 1 aromatic rings. The maximum absolute atomic E-state index is 12.2. The van der Waals surface area contributed by atoms with Crippen LogP contribution in [0.3, 0.4) is 0 Å². The molecule has 0 amide bonds. The van der Waals surface area contributed by atoms with E-state index in [4.69, 9.17) is 0 Å². The van der Waals surface area contributed by atoms with Gasteiger partial charge in [-0.05, 0) is 17.7 Å². The van der Waals surface area contributed by atoms with Crippen molar-refractivity contribution >= 4 is 0 Å². The Hall–Kier alpha value is -1.29. The molecule has 0 fully saturated rings. The Morgan fingerprint density at radius 3 is 2.20 bits per heavy atom. The standard InChI is InChI=1S/C11H11F3O/c1-2-10(15)7-8-3-5-9(6-4-8)11(12,13)14/h2-6,10,15H,1,7H2. The fourth-order valence-corrected chi connectivity index (χ4v) is 1.15. The second-order valence-corrected chi connectivity index (χ2v) is 3.20. The summed E-state index contributed by atoms with van der Waals surface area (Å²) in [4.78, 5) is 0. The van der Waals surface area contributed by atoms with E-state index in [1.54, 1.807) is 0 Å². The molecule has 0 aromatic heterocycles. The van der Waals surface area contributed by atoms with Gasteiger partial charge in [0.1, 0.15) is 0 Å². The summed E-state index contributed by atoms with van der Waals surface area (Å²) in [7, 11) is 0. The van der Waals surface area contributed by atoms with Crippen LogP contribution in [0.15, 0.2) is 36.9 Å². The van der Waals surface area contributed by atoms with Crippen LogP contribution in [-0.4, -0.2) is 11.2 Å². The minimum atomic E-state index is -4.31. The lowest BCUT2D eigenvalue weighted by Gasteiger charge is -2.08. The lowest BCUT2D eigenvalue weighted by Crippen LogP contribution is -2.07. The van der Waals surface area contributed by atoms with E-state index in [0.717, 1.165) is 12.1 Å². The molecule has 0 aliphatic rings. The van der Waals surface area contributed by atoms with E-state index in [9.17, 15) is 18.3 Å². The summed E-state index contributed by atoms with van der Waals surface area (Å²) in [6.07, 6.45) is -3.41. The molecule has 0 aliphatic carbocycles. The van der Waals surface area contributed by atoms with Gasteiger partial charge in [0.05, 0.1) is 11.7 Å². The maximum Gasteiger partial charge on any atom is 0.416 e. The Kier molecular flexibility index (Phi) is 3.52. The van der Waals surface area contributed by atoms with Gasteiger partial charge in [-0.25, -0.2) is 0 Å². The average Bonchev–Trinajstić information content (AvgIpc) is 2.17. The van der Waals surface area contributed by atoms with Crippen molar-refractivity contribution in [2.24, 2.45) is 0 Å². The molecule has 4 heteroatoms. The second kappa shape index (κ2) is 4.49.